The summed E-state index contributed by atoms with van der Waals surface area (Å²) in [5.41, 5.74) is 2.94. The Morgan fingerprint density at radius 3 is 2.22 bits per heavy atom. The third-order valence-electron chi connectivity index (χ3n) is 0.791. The second-order valence-corrected chi connectivity index (χ2v) is 2.33. The first kappa shape index (κ1) is 9.06. The normalized spacial score (nSPS) is 14.3. The smallest absolute Gasteiger partial charge is 0.0415 e. The molecule has 1 aliphatic carbocycles. The van der Waals surface area contributed by atoms with E-state index < -0.39 is 0 Å². The van der Waals surface area contributed by atoms with E-state index in [1.807, 2.05) is 0 Å². The minimum Gasteiger partial charge on any atom is -0.122 e. The summed E-state index contributed by atoms with van der Waals surface area (Å²) in [6, 6.07) is 0. The van der Waals surface area contributed by atoms with Crippen LogP contribution >= 0.6 is 23.2 Å². The molecule has 0 N–H and O–H groups in total. The van der Waals surface area contributed by atoms with Crippen molar-refractivity contribution in [1.82, 2.24) is 0 Å². The molecule has 0 aliphatic heterocycles. The molecular weight excluding hydrogens is 155 g/mol. The Bertz CT molecular complexity index is 114. The van der Waals surface area contributed by atoms with Crippen LogP contribution in [0.2, 0.25) is 0 Å². The van der Waals surface area contributed by atoms with Crippen LogP contribution in [0.15, 0.2) is 23.3 Å². The molecule has 52 valence electrons. The van der Waals surface area contributed by atoms with Crippen molar-refractivity contribution in [2.75, 3.05) is 5.88 Å². The predicted molar refractivity (Wildman–Crippen MR) is 44.1 cm³/mol. The monoisotopic (exact) mass is 164 g/mol. The molecule has 1 aliphatic rings. The molecule has 0 bridgehead atoms. The van der Waals surface area contributed by atoms with E-state index in [2.05, 4.69) is 13.0 Å². The Kier molecular flexibility index (Phi) is 6.23. The van der Waals surface area contributed by atoms with Crippen LogP contribution in [0.4, 0.5) is 0 Å². The highest BCUT2D eigenvalue weighted by Crippen LogP contribution is 2.14. The van der Waals surface area contributed by atoms with Crippen LogP contribution in [0.1, 0.15) is 13.3 Å². The Balaban J connectivity index is 0.000000144. The maximum Gasteiger partial charge on any atom is 0.0415 e. The molecule has 0 saturated carbocycles. The van der Waals surface area contributed by atoms with E-state index in [0.29, 0.717) is 5.88 Å². The Morgan fingerprint density at radius 2 is 2.22 bits per heavy atom. The maximum atomic E-state index is 5.13. The van der Waals surface area contributed by atoms with Gasteiger partial charge < -0.3 is 0 Å². The molecule has 0 atom stereocenters. The van der Waals surface area contributed by atoms with E-state index in [4.69, 9.17) is 23.2 Å². The van der Waals surface area contributed by atoms with Gasteiger partial charge in [-0.15, -0.1) is 11.6 Å². The van der Waals surface area contributed by atoms with Crippen LogP contribution in [0.25, 0.3) is 0 Å². The number of halogens is 2. The molecule has 0 aromatic rings. The first-order valence-corrected chi connectivity index (χ1v) is 3.75. The molecular formula is C7H10Cl2. The number of allylic oxidation sites excluding steroid dienone is 3. The third-order valence-corrected chi connectivity index (χ3v) is 1.15. The fourth-order valence-electron chi connectivity index (χ4n) is 0.136. The van der Waals surface area contributed by atoms with Crippen LogP contribution in [0.3, 0.4) is 0 Å². The molecule has 0 unspecified atom stereocenters. The topological polar surface area (TPSA) is 0 Å². The van der Waals surface area contributed by atoms with Gasteiger partial charge in [-0.3, -0.25) is 0 Å². The number of hydrogen-bond acceptors (Lipinski definition) is 0. The fraction of sp³-hybridized carbons (Fsp3) is 0.429. The van der Waals surface area contributed by atoms with E-state index >= 15 is 0 Å². The van der Waals surface area contributed by atoms with Crippen molar-refractivity contribution in [3.05, 3.63) is 23.3 Å². The molecule has 1 rings (SSSR count). The van der Waals surface area contributed by atoms with Crippen molar-refractivity contribution >= 4 is 23.2 Å². The first-order chi connectivity index (χ1) is 4.31. The lowest BCUT2D eigenvalue weighted by Crippen LogP contribution is -1.48. The summed E-state index contributed by atoms with van der Waals surface area (Å²) >= 11 is 10.2. The summed E-state index contributed by atoms with van der Waals surface area (Å²) in [6.45, 7) is 2.14. The van der Waals surface area contributed by atoms with Crippen molar-refractivity contribution in [2.45, 2.75) is 13.3 Å². The van der Waals surface area contributed by atoms with E-state index in [-0.39, 0.29) is 0 Å². The molecule has 0 aromatic heterocycles. The van der Waals surface area contributed by atoms with Gasteiger partial charge in [0.25, 0.3) is 0 Å². The minimum absolute atomic E-state index is 0.503. The molecule has 0 saturated heterocycles. The standard InChI is InChI=1S/C4H6.C3H4Cl2/c1-4-2-3-4;4-2-1-3-5/h2H,3H2,1H3;1-2H,3H2/b;2-1-. The predicted octanol–water partition coefficient (Wildman–Crippen LogP) is 3.31. The van der Waals surface area contributed by atoms with Gasteiger partial charge in [0.15, 0.2) is 0 Å². The van der Waals surface area contributed by atoms with Gasteiger partial charge in [0.2, 0.25) is 0 Å². The Morgan fingerprint density at radius 1 is 1.78 bits per heavy atom. The number of hydrogen-bond donors (Lipinski definition) is 0. The van der Waals surface area contributed by atoms with Crippen molar-refractivity contribution in [3.8, 4) is 0 Å². The number of rotatable bonds is 1. The largest absolute Gasteiger partial charge is 0.122 e. The highest BCUT2D eigenvalue weighted by atomic mass is 35.5. The van der Waals surface area contributed by atoms with Gasteiger partial charge in [-0.05, 0) is 13.3 Å². The molecule has 0 aromatic carbocycles. The van der Waals surface area contributed by atoms with Crippen LogP contribution in [-0.2, 0) is 0 Å². The summed E-state index contributed by atoms with van der Waals surface area (Å²) in [5.74, 6) is 0.503. The lowest BCUT2D eigenvalue weighted by atomic mass is 10.6. The van der Waals surface area contributed by atoms with E-state index in [9.17, 15) is 0 Å². The Labute approximate surface area is 66.2 Å². The summed E-state index contributed by atoms with van der Waals surface area (Å²) < 4.78 is 0. The van der Waals surface area contributed by atoms with Gasteiger partial charge in [0, 0.05) is 11.4 Å². The SMILES string of the molecule is CC1=CC1.Cl/C=C\CCl. The van der Waals surface area contributed by atoms with Crippen LogP contribution in [0, 0.1) is 0 Å². The lowest BCUT2D eigenvalue weighted by molar-refractivity contribution is 1.48. The first-order valence-electron chi connectivity index (χ1n) is 2.78. The van der Waals surface area contributed by atoms with Crippen molar-refractivity contribution in [3.63, 3.8) is 0 Å². The van der Waals surface area contributed by atoms with Gasteiger partial charge in [-0.1, -0.05) is 29.3 Å². The highest BCUT2D eigenvalue weighted by Gasteiger charge is 1.94. The maximum absolute atomic E-state index is 5.13. The van der Waals surface area contributed by atoms with E-state index in [1.54, 1.807) is 11.6 Å². The molecule has 0 heterocycles. The molecule has 0 spiro atoms. The van der Waals surface area contributed by atoms with Gasteiger partial charge in [0.05, 0.1) is 0 Å². The summed E-state index contributed by atoms with van der Waals surface area (Å²) in [7, 11) is 0. The molecule has 0 fully saturated rings. The van der Waals surface area contributed by atoms with Gasteiger partial charge >= 0.3 is 0 Å². The van der Waals surface area contributed by atoms with Gasteiger partial charge in [-0.25, -0.2) is 0 Å². The highest BCUT2D eigenvalue weighted by molar-refractivity contribution is 6.26. The second kappa shape index (κ2) is 6.18. The minimum atomic E-state index is 0.503. The third kappa shape index (κ3) is 11.6. The zero-order valence-electron chi connectivity index (χ0n) is 5.40. The second-order valence-electron chi connectivity index (χ2n) is 1.77. The summed E-state index contributed by atoms with van der Waals surface area (Å²) in [5, 5.41) is 0. The van der Waals surface area contributed by atoms with E-state index in [1.165, 1.54) is 12.0 Å². The average Bonchev–Trinajstić information content (AvgIpc) is 2.55. The fourth-order valence-corrected chi connectivity index (χ4v) is 0.405. The molecule has 9 heavy (non-hydrogen) atoms. The molecule has 0 nitrogen and oxygen atoms in total. The Hall–Kier alpha value is 0.0600. The van der Waals surface area contributed by atoms with Crippen LogP contribution < -0.4 is 0 Å². The van der Waals surface area contributed by atoms with Gasteiger partial charge in [0.1, 0.15) is 0 Å². The van der Waals surface area contributed by atoms with Crippen molar-refractivity contribution in [1.29, 1.82) is 0 Å². The lowest BCUT2D eigenvalue weighted by Gasteiger charge is -1.61. The number of alkyl halides is 1. The zero-order chi connectivity index (χ0) is 7.11. The van der Waals surface area contributed by atoms with E-state index in [0.717, 1.165) is 0 Å². The summed E-state index contributed by atoms with van der Waals surface area (Å²) in [4.78, 5) is 0. The summed E-state index contributed by atoms with van der Waals surface area (Å²) in [6.07, 6.45) is 5.14. The van der Waals surface area contributed by atoms with Gasteiger partial charge in [-0.2, -0.15) is 0 Å². The van der Waals surface area contributed by atoms with Crippen molar-refractivity contribution < 1.29 is 0 Å². The zero-order valence-corrected chi connectivity index (χ0v) is 6.91. The molecule has 0 amide bonds. The molecule has 0 radical (unpaired) electrons. The quantitative estimate of drug-likeness (QED) is 0.413. The van der Waals surface area contributed by atoms with Crippen LogP contribution in [-0.4, -0.2) is 5.88 Å². The van der Waals surface area contributed by atoms with Crippen LogP contribution in [0.5, 0.6) is 0 Å². The molecule has 2 heteroatoms. The average molecular weight is 165 g/mol. The van der Waals surface area contributed by atoms with Crippen molar-refractivity contribution in [2.24, 2.45) is 0 Å².